The van der Waals surface area contributed by atoms with Crippen LogP contribution in [0.5, 0.6) is 0 Å². The second-order valence-electron chi connectivity index (χ2n) is 6.04. The molecule has 0 amide bonds. The van der Waals surface area contributed by atoms with E-state index >= 15 is 0 Å². The number of imidazole rings is 1. The Balaban J connectivity index is 2.15. The van der Waals surface area contributed by atoms with Crippen molar-refractivity contribution in [3.8, 4) is 0 Å². The zero-order valence-electron chi connectivity index (χ0n) is 14.6. The number of carbonyl (C=O) groups is 1. The SMILES string of the molecule is CCCCN(c1ccccc1C(=O)O)S(=O)(=O)c1ccc2[nH]c(=O)[nH]c2c1. The number of nitrogens with zero attached hydrogens (tertiary/aromatic N) is 1. The van der Waals surface area contributed by atoms with Gasteiger partial charge in [-0.1, -0.05) is 25.5 Å². The number of H-pyrrole nitrogens is 2. The van der Waals surface area contributed by atoms with E-state index in [9.17, 15) is 23.1 Å². The number of hydrogen-bond acceptors (Lipinski definition) is 4. The van der Waals surface area contributed by atoms with Gasteiger partial charge in [-0.2, -0.15) is 0 Å². The van der Waals surface area contributed by atoms with E-state index in [0.29, 0.717) is 17.5 Å². The van der Waals surface area contributed by atoms with Gasteiger partial charge in [-0.25, -0.2) is 18.0 Å². The first kappa shape index (κ1) is 18.7. The molecule has 0 saturated heterocycles. The molecular weight excluding hydrogens is 370 g/mol. The van der Waals surface area contributed by atoms with E-state index in [1.54, 1.807) is 12.1 Å². The van der Waals surface area contributed by atoms with Crippen LogP contribution in [0.1, 0.15) is 30.1 Å². The highest BCUT2D eigenvalue weighted by Crippen LogP contribution is 2.28. The first-order valence-electron chi connectivity index (χ1n) is 8.41. The minimum Gasteiger partial charge on any atom is -0.478 e. The number of unbranched alkanes of at least 4 members (excludes halogenated alkanes) is 1. The minimum atomic E-state index is -4.03. The summed E-state index contributed by atoms with van der Waals surface area (Å²) in [5.74, 6) is -1.20. The Morgan fingerprint density at radius 2 is 1.81 bits per heavy atom. The van der Waals surface area contributed by atoms with Crippen molar-refractivity contribution in [1.29, 1.82) is 0 Å². The number of aromatic carboxylic acids is 1. The van der Waals surface area contributed by atoms with E-state index in [0.717, 1.165) is 10.7 Å². The molecule has 0 aliphatic heterocycles. The van der Waals surface area contributed by atoms with E-state index in [-0.39, 0.29) is 22.7 Å². The highest BCUT2D eigenvalue weighted by molar-refractivity contribution is 7.92. The van der Waals surface area contributed by atoms with Crippen LogP contribution in [0.4, 0.5) is 5.69 Å². The average Bonchev–Trinajstić information content (AvgIpc) is 3.01. The molecular formula is C18H19N3O5S. The van der Waals surface area contributed by atoms with Crippen LogP contribution in [-0.4, -0.2) is 36.0 Å². The highest BCUT2D eigenvalue weighted by atomic mass is 32.2. The number of sulfonamides is 1. The zero-order valence-corrected chi connectivity index (χ0v) is 15.4. The molecule has 0 atom stereocenters. The topological polar surface area (TPSA) is 123 Å². The lowest BCUT2D eigenvalue weighted by Crippen LogP contribution is -2.33. The largest absolute Gasteiger partial charge is 0.478 e. The van der Waals surface area contributed by atoms with Crippen LogP contribution in [0.2, 0.25) is 0 Å². The second kappa shape index (κ2) is 7.28. The third kappa shape index (κ3) is 3.59. The Morgan fingerprint density at radius 1 is 1.11 bits per heavy atom. The highest BCUT2D eigenvalue weighted by Gasteiger charge is 2.28. The van der Waals surface area contributed by atoms with Crippen LogP contribution in [-0.2, 0) is 10.0 Å². The molecule has 0 spiro atoms. The molecule has 1 heterocycles. The first-order chi connectivity index (χ1) is 12.8. The number of para-hydroxylation sites is 1. The molecule has 2 aromatic carbocycles. The van der Waals surface area contributed by atoms with Crippen molar-refractivity contribution in [2.75, 3.05) is 10.8 Å². The van der Waals surface area contributed by atoms with Gasteiger partial charge < -0.3 is 15.1 Å². The van der Waals surface area contributed by atoms with Gasteiger partial charge >= 0.3 is 11.7 Å². The van der Waals surface area contributed by atoms with Gasteiger partial charge in [0, 0.05) is 6.54 Å². The number of nitrogens with one attached hydrogen (secondary N) is 2. The second-order valence-corrected chi connectivity index (χ2v) is 7.90. The number of rotatable bonds is 7. The maximum absolute atomic E-state index is 13.3. The summed E-state index contributed by atoms with van der Waals surface area (Å²) >= 11 is 0. The number of hydrogen-bond donors (Lipinski definition) is 3. The molecule has 3 aromatic rings. The summed E-state index contributed by atoms with van der Waals surface area (Å²) in [4.78, 5) is 28.1. The summed E-state index contributed by atoms with van der Waals surface area (Å²) in [5.41, 5.74) is 0.445. The summed E-state index contributed by atoms with van der Waals surface area (Å²) in [6.45, 7) is 2.06. The van der Waals surface area contributed by atoms with Crippen molar-refractivity contribution >= 4 is 32.7 Å². The van der Waals surface area contributed by atoms with E-state index in [1.165, 1.54) is 30.3 Å². The van der Waals surface area contributed by atoms with Crippen molar-refractivity contribution in [2.24, 2.45) is 0 Å². The number of benzene rings is 2. The normalized spacial score (nSPS) is 11.6. The monoisotopic (exact) mass is 389 g/mol. The smallest absolute Gasteiger partial charge is 0.337 e. The van der Waals surface area contributed by atoms with Crippen LogP contribution in [0.15, 0.2) is 52.2 Å². The molecule has 3 rings (SSSR count). The van der Waals surface area contributed by atoms with Gasteiger partial charge in [0.15, 0.2) is 0 Å². The van der Waals surface area contributed by atoms with Crippen molar-refractivity contribution < 1.29 is 18.3 Å². The molecule has 0 saturated carbocycles. The minimum absolute atomic E-state index is 0.0263. The Bertz CT molecular complexity index is 1150. The molecule has 1 aromatic heterocycles. The third-order valence-corrected chi connectivity index (χ3v) is 6.00. The maximum Gasteiger partial charge on any atom is 0.337 e. The van der Waals surface area contributed by atoms with Gasteiger partial charge in [-0.15, -0.1) is 0 Å². The Hall–Kier alpha value is -3.07. The molecule has 8 nitrogen and oxygen atoms in total. The molecule has 0 fully saturated rings. The van der Waals surface area contributed by atoms with Crippen LogP contribution in [0, 0.1) is 0 Å². The number of carboxylic acids is 1. The van der Waals surface area contributed by atoms with E-state index in [2.05, 4.69) is 9.97 Å². The summed E-state index contributed by atoms with van der Waals surface area (Å²) in [7, 11) is -4.03. The first-order valence-corrected chi connectivity index (χ1v) is 9.85. The third-order valence-electron chi connectivity index (χ3n) is 4.19. The van der Waals surface area contributed by atoms with Crippen LogP contribution < -0.4 is 9.99 Å². The number of anilines is 1. The van der Waals surface area contributed by atoms with Gasteiger partial charge in [0.1, 0.15) is 0 Å². The Kier molecular flexibility index (Phi) is 5.04. The molecule has 3 N–H and O–H groups in total. The molecule has 142 valence electrons. The van der Waals surface area contributed by atoms with Gasteiger partial charge in [0.05, 0.1) is 27.2 Å². The molecule has 0 aliphatic carbocycles. The number of aromatic nitrogens is 2. The standard InChI is InChI=1S/C18H19N3O5S/c1-2-3-10-21(16-7-5-4-6-13(16)17(22)23)27(25,26)12-8-9-14-15(11-12)20-18(24)19-14/h4-9,11H,2-3,10H2,1H3,(H,22,23)(H2,19,20,24). The fraction of sp³-hybridized carbons (Fsp3) is 0.222. The van der Waals surface area contributed by atoms with E-state index < -0.39 is 21.7 Å². The number of aromatic amines is 2. The van der Waals surface area contributed by atoms with Gasteiger partial charge in [0.2, 0.25) is 0 Å². The van der Waals surface area contributed by atoms with Crippen molar-refractivity contribution in [3.05, 3.63) is 58.5 Å². The van der Waals surface area contributed by atoms with Crippen molar-refractivity contribution in [1.82, 2.24) is 9.97 Å². The molecule has 0 unspecified atom stereocenters. The average molecular weight is 389 g/mol. The van der Waals surface area contributed by atoms with Crippen LogP contribution in [0.3, 0.4) is 0 Å². The molecule has 9 heteroatoms. The fourth-order valence-electron chi connectivity index (χ4n) is 2.84. The summed E-state index contributed by atoms with van der Waals surface area (Å²) in [5, 5.41) is 9.46. The van der Waals surface area contributed by atoms with Gasteiger partial charge in [-0.3, -0.25) is 4.31 Å². The lowest BCUT2D eigenvalue weighted by Gasteiger charge is -2.25. The molecule has 0 radical (unpaired) electrons. The quantitative estimate of drug-likeness (QED) is 0.573. The van der Waals surface area contributed by atoms with Crippen LogP contribution >= 0.6 is 0 Å². The summed E-state index contributed by atoms with van der Waals surface area (Å²) < 4.78 is 27.7. The number of fused-ring (bicyclic) bond motifs is 1. The fourth-order valence-corrected chi connectivity index (χ4v) is 4.39. The summed E-state index contributed by atoms with van der Waals surface area (Å²) in [6.07, 6.45) is 1.31. The molecule has 0 aliphatic rings. The zero-order chi connectivity index (χ0) is 19.6. The van der Waals surface area contributed by atoms with Gasteiger partial charge in [0.25, 0.3) is 10.0 Å². The molecule has 27 heavy (non-hydrogen) atoms. The predicted octanol–water partition coefficient (Wildman–Crippen LogP) is 2.55. The van der Waals surface area contributed by atoms with E-state index in [1.807, 2.05) is 6.92 Å². The van der Waals surface area contributed by atoms with Crippen LogP contribution in [0.25, 0.3) is 11.0 Å². The number of carboxylic acid groups (broad SMARTS) is 1. The lowest BCUT2D eigenvalue weighted by atomic mass is 10.1. The maximum atomic E-state index is 13.3. The van der Waals surface area contributed by atoms with Crippen molar-refractivity contribution in [2.45, 2.75) is 24.7 Å². The Morgan fingerprint density at radius 3 is 2.52 bits per heavy atom. The summed E-state index contributed by atoms with van der Waals surface area (Å²) in [6, 6.07) is 10.3. The van der Waals surface area contributed by atoms with Crippen molar-refractivity contribution in [3.63, 3.8) is 0 Å². The van der Waals surface area contributed by atoms with E-state index in [4.69, 9.17) is 0 Å². The molecule has 0 bridgehead atoms. The lowest BCUT2D eigenvalue weighted by molar-refractivity contribution is 0.0697. The van der Waals surface area contributed by atoms with Gasteiger partial charge in [-0.05, 0) is 36.8 Å². The Labute approximate surface area is 155 Å². The predicted molar refractivity (Wildman–Crippen MR) is 102 cm³/mol.